The fourth-order valence-corrected chi connectivity index (χ4v) is 3.87. The molecule has 1 N–H and O–H groups in total. The predicted molar refractivity (Wildman–Crippen MR) is 91.9 cm³/mol. The molecule has 0 fully saturated rings. The Bertz CT molecular complexity index is 775. The minimum atomic E-state index is 0.298. The van der Waals surface area contributed by atoms with E-state index in [4.69, 9.17) is 0 Å². The van der Waals surface area contributed by atoms with Gasteiger partial charge in [0.25, 0.3) is 0 Å². The van der Waals surface area contributed by atoms with Gasteiger partial charge >= 0.3 is 0 Å². The zero-order valence-corrected chi connectivity index (χ0v) is 14.8. The summed E-state index contributed by atoms with van der Waals surface area (Å²) < 4.78 is 3.37. The van der Waals surface area contributed by atoms with E-state index in [1.54, 1.807) is 11.3 Å². The van der Waals surface area contributed by atoms with Crippen molar-refractivity contribution in [2.45, 2.75) is 33.4 Å². The smallest absolute Gasteiger partial charge is 0.194 e. The number of fused-ring (bicyclic) bond motifs is 1. The molecule has 0 aliphatic rings. The first-order chi connectivity index (χ1) is 10.1. The molecule has 2 heterocycles. The second-order valence-corrected chi connectivity index (χ2v) is 7.05. The topological polar surface area (TPSA) is 29.3 Å². The zero-order valence-electron chi connectivity index (χ0n) is 12.4. The van der Waals surface area contributed by atoms with Crippen molar-refractivity contribution in [3.8, 4) is 0 Å². The van der Waals surface area contributed by atoms with Crippen molar-refractivity contribution in [2.24, 2.45) is 0 Å². The van der Waals surface area contributed by atoms with Crippen molar-refractivity contribution in [1.29, 1.82) is 0 Å². The van der Waals surface area contributed by atoms with Crippen LogP contribution in [0.15, 0.2) is 34.1 Å². The summed E-state index contributed by atoms with van der Waals surface area (Å²) >= 11 is 5.23. The molecule has 1 unspecified atom stereocenters. The molecule has 110 valence electrons. The van der Waals surface area contributed by atoms with Crippen LogP contribution in [0, 0.1) is 13.8 Å². The van der Waals surface area contributed by atoms with E-state index in [1.165, 1.54) is 17.0 Å². The number of hydrogen-bond acceptors (Lipinski definition) is 3. The number of halogens is 1. The Morgan fingerprint density at radius 3 is 2.95 bits per heavy atom. The normalized spacial score (nSPS) is 13.0. The van der Waals surface area contributed by atoms with E-state index < -0.39 is 0 Å². The van der Waals surface area contributed by atoms with Gasteiger partial charge in [-0.3, -0.25) is 4.40 Å². The van der Waals surface area contributed by atoms with Crippen molar-refractivity contribution in [1.82, 2.24) is 14.7 Å². The van der Waals surface area contributed by atoms with E-state index in [0.717, 1.165) is 21.7 Å². The minimum Gasteiger partial charge on any atom is -0.305 e. The maximum absolute atomic E-state index is 4.63. The lowest BCUT2D eigenvalue weighted by Crippen LogP contribution is -2.19. The monoisotopic (exact) mass is 363 g/mol. The van der Waals surface area contributed by atoms with E-state index in [-0.39, 0.29) is 0 Å². The third-order valence-electron chi connectivity index (χ3n) is 3.75. The van der Waals surface area contributed by atoms with Gasteiger partial charge in [-0.2, -0.15) is 0 Å². The molecule has 0 aliphatic carbocycles. The van der Waals surface area contributed by atoms with Gasteiger partial charge in [0.1, 0.15) is 0 Å². The Morgan fingerprint density at radius 2 is 2.19 bits per heavy atom. The first kappa shape index (κ1) is 14.8. The van der Waals surface area contributed by atoms with E-state index in [1.807, 2.05) is 0 Å². The lowest BCUT2D eigenvalue weighted by Gasteiger charge is -2.15. The fraction of sp³-hybridized carbons (Fsp3) is 0.312. The first-order valence-corrected chi connectivity index (χ1v) is 8.64. The molecule has 1 atom stereocenters. The van der Waals surface area contributed by atoms with E-state index in [9.17, 15) is 0 Å². The highest BCUT2D eigenvalue weighted by atomic mass is 79.9. The van der Waals surface area contributed by atoms with Gasteiger partial charge in [-0.25, -0.2) is 4.98 Å². The highest BCUT2D eigenvalue weighted by molar-refractivity contribution is 9.10. The lowest BCUT2D eigenvalue weighted by molar-refractivity contribution is 0.563. The number of nitrogens with one attached hydrogen (secondary N) is 1. The fourth-order valence-electron chi connectivity index (χ4n) is 2.52. The van der Waals surface area contributed by atoms with Crippen molar-refractivity contribution in [3.05, 3.63) is 56.8 Å². The summed E-state index contributed by atoms with van der Waals surface area (Å²) in [5, 5.41) is 5.76. The molecular weight excluding hydrogens is 346 g/mol. The average Bonchev–Trinajstić information content (AvgIpc) is 2.96. The minimum absolute atomic E-state index is 0.298. The Hall–Kier alpha value is -1.17. The van der Waals surface area contributed by atoms with Crippen LogP contribution in [0.5, 0.6) is 0 Å². The number of benzene rings is 1. The van der Waals surface area contributed by atoms with Crippen LogP contribution in [0.1, 0.15) is 35.6 Å². The number of aromatic nitrogens is 2. The molecule has 0 spiro atoms. The highest BCUT2D eigenvalue weighted by Gasteiger charge is 2.13. The van der Waals surface area contributed by atoms with Crippen LogP contribution in [0.2, 0.25) is 0 Å². The van der Waals surface area contributed by atoms with Crippen LogP contribution >= 0.6 is 27.3 Å². The Balaban J connectivity index is 1.80. The largest absolute Gasteiger partial charge is 0.305 e. The summed E-state index contributed by atoms with van der Waals surface area (Å²) in [4.78, 5) is 5.71. The molecule has 5 heteroatoms. The van der Waals surface area contributed by atoms with Crippen molar-refractivity contribution < 1.29 is 0 Å². The average molecular weight is 364 g/mol. The quantitative estimate of drug-likeness (QED) is 0.732. The third kappa shape index (κ3) is 2.91. The van der Waals surface area contributed by atoms with E-state index in [2.05, 4.69) is 81.0 Å². The molecular formula is C16H18BrN3S. The first-order valence-electron chi connectivity index (χ1n) is 6.97. The van der Waals surface area contributed by atoms with Gasteiger partial charge in [-0.05, 0) is 38.5 Å². The summed E-state index contributed by atoms with van der Waals surface area (Å²) in [5.74, 6) is 0. The second-order valence-electron chi connectivity index (χ2n) is 5.30. The predicted octanol–water partition coefficient (Wildman–Crippen LogP) is 4.63. The summed E-state index contributed by atoms with van der Waals surface area (Å²) in [6.07, 6.45) is 0. The van der Waals surface area contributed by atoms with Crippen LogP contribution in [-0.4, -0.2) is 9.38 Å². The van der Waals surface area contributed by atoms with Gasteiger partial charge < -0.3 is 5.32 Å². The molecule has 21 heavy (non-hydrogen) atoms. The molecule has 0 saturated carbocycles. The van der Waals surface area contributed by atoms with Gasteiger partial charge in [-0.1, -0.05) is 28.1 Å². The number of imidazole rings is 1. The van der Waals surface area contributed by atoms with Crippen LogP contribution in [0.4, 0.5) is 0 Å². The Morgan fingerprint density at radius 1 is 1.38 bits per heavy atom. The van der Waals surface area contributed by atoms with Crippen LogP contribution in [0.3, 0.4) is 0 Å². The molecule has 3 rings (SSSR count). The molecule has 0 radical (unpaired) electrons. The molecule has 3 aromatic rings. The Kier molecular flexibility index (Phi) is 4.15. The summed E-state index contributed by atoms with van der Waals surface area (Å²) in [6, 6.07) is 8.73. The van der Waals surface area contributed by atoms with Gasteiger partial charge in [0, 0.05) is 28.1 Å². The SMILES string of the molecule is Cc1nc2scc(C)n2c1CNC(C)c1cccc(Br)c1. The zero-order chi connectivity index (χ0) is 15.0. The number of hydrogen-bond donors (Lipinski definition) is 1. The van der Waals surface area contributed by atoms with Gasteiger partial charge in [0.2, 0.25) is 0 Å². The van der Waals surface area contributed by atoms with Crippen LogP contribution in [-0.2, 0) is 6.54 Å². The molecule has 0 aliphatic heterocycles. The van der Waals surface area contributed by atoms with E-state index in [0.29, 0.717) is 6.04 Å². The second kappa shape index (κ2) is 5.91. The lowest BCUT2D eigenvalue weighted by atomic mass is 10.1. The number of nitrogens with zero attached hydrogens (tertiary/aromatic N) is 2. The standard InChI is InChI=1S/C16H18BrN3S/c1-10-9-21-16-19-12(3)15(20(10)16)8-18-11(2)13-5-4-6-14(17)7-13/h4-7,9,11,18H,8H2,1-3H3. The molecule has 0 bridgehead atoms. The number of rotatable bonds is 4. The van der Waals surface area contributed by atoms with Crippen molar-refractivity contribution in [3.63, 3.8) is 0 Å². The summed E-state index contributed by atoms with van der Waals surface area (Å²) in [6.45, 7) is 7.22. The maximum Gasteiger partial charge on any atom is 0.194 e. The van der Waals surface area contributed by atoms with Gasteiger partial charge in [0.05, 0.1) is 11.4 Å². The third-order valence-corrected chi connectivity index (χ3v) is 5.19. The van der Waals surface area contributed by atoms with Crippen molar-refractivity contribution >= 4 is 32.2 Å². The van der Waals surface area contributed by atoms with Crippen LogP contribution in [0.25, 0.3) is 4.96 Å². The van der Waals surface area contributed by atoms with Crippen molar-refractivity contribution in [2.75, 3.05) is 0 Å². The summed E-state index contributed by atoms with van der Waals surface area (Å²) in [7, 11) is 0. The van der Waals surface area contributed by atoms with Gasteiger partial charge in [0.15, 0.2) is 4.96 Å². The van der Waals surface area contributed by atoms with Crippen LogP contribution < -0.4 is 5.32 Å². The highest BCUT2D eigenvalue weighted by Crippen LogP contribution is 2.22. The van der Waals surface area contributed by atoms with E-state index >= 15 is 0 Å². The number of aryl methyl sites for hydroxylation is 2. The molecule has 0 amide bonds. The number of thiazole rings is 1. The van der Waals surface area contributed by atoms with Gasteiger partial charge in [-0.15, -0.1) is 11.3 Å². The molecule has 1 aromatic carbocycles. The molecule has 2 aromatic heterocycles. The maximum atomic E-state index is 4.63. The molecule has 3 nitrogen and oxygen atoms in total. The molecule has 0 saturated heterocycles. The Labute approximate surface area is 137 Å². The summed E-state index contributed by atoms with van der Waals surface area (Å²) in [5.41, 5.74) is 4.90.